The van der Waals surface area contributed by atoms with E-state index < -0.39 is 29.2 Å². The summed E-state index contributed by atoms with van der Waals surface area (Å²) in [6.07, 6.45) is -4.51. The molecule has 0 aliphatic carbocycles. The zero-order valence-electron chi connectivity index (χ0n) is 15.6. The molecule has 0 radical (unpaired) electrons. The Morgan fingerprint density at radius 1 is 1.10 bits per heavy atom. The van der Waals surface area contributed by atoms with Crippen LogP contribution in [0.3, 0.4) is 0 Å². The summed E-state index contributed by atoms with van der Waals surface area (Å²) in [5, 5.41) is 6.32. The maximum atomic E-state index is 12.9. The summed E-state index contributed by atoms with van der Waals surface area (Å²) in [6, 6.07) is 12.6. The Kier molecular flexibility index (Phi) is 4.56. The van der Waals surface area contributed by atoms with Gasteiger partial charge in [0.25, 0.3) is 5.91 Å². The Morgan fingerprint density at radius 2 is 1.83 bits per heavy atom. The minimum absolute atomic E-state index is 0.0750. The van der Waals surface area contributed by atoms with E-state index in [1.807, 2.05) is 0 Å². The van der Waals surface area contributed by atoms with Gasteiger partial charge in [0.05, 0.1) is 5.56 Å². The van der Waals surface area contributed by atoms with Crippen LogP contribution in [-0.4, -0.2) is 27.0 Å². The topological polar surface area (TPSA) is 88.3 Å². The second kappa shape index (κ2) is 6.97. The maximum absolute atomic E-state index is 12.9. The van der Waals surface area contributed by atoms with Crippen molar-refractivity contribution in [3.8, 4) is 11.4 Å². The van der Waals surface area contributed by atoms with Crippen LogP contribution in [0.2, 0.25) is 0 Å². The van der Waals surface area contributed by atoms with Gasteiger partial charge in [0, 0.05) is 5.56 Å². The molecule has 1 aliphatic rings. The lowest BCUT2D eigenvalue weighted by atomic mass is 9.92. The van der Waals surface area contributed by atoms with Crippen LogP contribution in [0.4, 0.5) is 18.0 Å². The summed E-state index contributed by atoms with van der Waals surface area (Å²) < 4.78 is 43.8. The Balaban J connectivity index is 1.56. The van der Waals surface area contributed by atoms with Gasteiger partial charge in [-0.1, -0.05) is 47.6 Å². The van der Waals surface area contributed by atoms with Gasteiger partial charge in [-0.05, 0) is 24.6 Å². The number of hydrogen-bond acceptors (Lipinski definition) is 5. The van der Waals surface area contributed by atoms with Gasteiger partial charge >= 0.3 is 12.2 Å². The highest BCUT2D eigenvalue weighted by molar-refractivity contribution is 6.07. The number of carbonyl (C=O) groups excluding carboxylic acids is 2. The number of imide groups is 1. The first-order chi connectivity index (χ1) is 14.2. The first kappa shape index (κ1) is 19.6. The van der Waals surface area contributed by atoms with Crippen molar-refractivity contribution in [2.24, 2.45) is 0 Å². The lowest BCUT2D eigenvalue weighted by molar-refractivity contribution is -0.137. The molecular formula is C20H15F3N4O3. The van der Waals surface area contributed by atoms with Gasteiger partial charge in [-0.15, -0.1) is 0 Å². The summed E-state index contributed by atoms with van der Waals surface area (Å²) in [6.45, 7) is 1.28. The van der Waals surface area contributed by atoms with Crippen molar-refractivity contribution in [1.82, 2.24) is 20.4 Å². The molecule has 3 amide bonds. The molecule has 2 aromatic carbocycles. The van der Waals surface area contributed by atoms with Gasteiger partial charge in [0.1, 0.15) is 12.1 Å². The Labute approximate surface area is 168 Å². The second-order valence-electron chi connectivity index (χ2n) is 6.90. The molecule has 1 unspecified atom stereocenters. The quantitative estimate of drug-likeness (QED) is 0.655. The molecular weight excluding hydrogens is 401 g/mol. The molecule has 7 nitrogen and oxygen atoms in total. The highest BCUT2D eigenvalue weighted by Gasteiger charge is 2.49. The third-order valence-electron chi connectivity index (χ3n) is 4.84. The van der Waals surface area contributed by atoms with Crippen LogP contribution < -0.4 is 5.32 Å². The zero-order valence-corrected chi connectivity index (χ0v) is 15.6. The molecule has 1 aromatic heterocycles. The van der Waals surface area contributed by atoms with Gasteiger partial charge < -0.3 is 9.84 Å². The van der Waals surface area contributed by atoms with Crippen LogP contribution in [0.25, 0.3) is 11.4 Å². The largest absolute Gasteiger partial charge is 0.416 e. The summed E-state index contributed by atoms with van der Waals surface area (Å²) >= 11 is 0. The normalized spacial score (nSPS) is 19.3. The first-order valence-electron chi connectivity index (χ1n) is 8.88. The summed E-state index contributed by atoms with van der Waals surface area (Å²) in [5.41, 5.74) is -1.38. The number of amides is 3. The van der Waals surface area contributed by atoms with Crippen LogP contribution >= 0.6 is 0 Å². The fourth-order valence-electron chi connectivity index (χ4n) is 3.21. The molecule has 1 fully saturated rings. The van der Waals surface area contributed by atoms with Crippen LogP contribution in [0.5, 0.6) is 0 Å². The van der Waals surface area contributed by atoms with E-state index >= 15 is 0 Å². The van der Waals surface area contributed by atoms with Crippen LogP contribution in [0.1, 0.15) is 23.9 Å². The highest BCUT2D eigenvalue weighted by atomic mass is 19.4. The first-order valence-corrected chi connectivity index (χ1v) is 8.88. The van der Waals surface area contributed by atoms with Crippen molar-refractivity contribution in [2.75, 3.05) is 0 Å². The fraction of sp³-hybridized carbons (Fsp3) is 0.200. The smallest absolute Gasteiger partial charge is 0.337 e. The Hall–Kier alpha value is -3.69. The van der Waals surface area contributed by atoms with Crippen molar-refractivity contribution in [2.45, 2.75) is 25.2 Å². The maximum Gasteiger partial charge on any atom is 0.416 e. The van der Waals surface area contributed by atoms with E-state index in [-0.39, 0.29) is 23.8 Å². The summed E-state index contributed by atoms with van der Waals surface area (Å²) in [5.74, 6) is -0.658. The van der Waals surface area contributed by atoms with Crippen molar-refractivity contribution in [3.63, 3.8) is 0 Å². The molecule has 1 saturated heterocycles. The highest BCUT2D eigenvalue weighted by Crippen LogP contribution is 2.32. The van der Waals surface area contributed by atoms with Crippen molar-refractivity contribution in [3.05, 3.63) is 71.6 Å². The number of halogens is 3. The van der Waals surface area contributed by atoms with Gasteiger partial charge in [-0.3, -0.25) is 9.69 Å². The fourth-order valence-corrected chi connectivity index (χ4v) is 3.21. The summed E-state index contributed by atoms with van der Waals surface area (Å²) in [7, 11) is 0. The average Bonchev–Trinajstić information content (AvgIpc) is 3.28. The monoisotopic (exact) mass is 416 g/mol. The number of aromatic nitrogens is 2. The Morgan fingerprint density at radius 3 is 2.53 bits per heavy atom. The molecule has 154 valence electrons. The SMILES string of the molecule is CC1(c2ccccc2)NC(=O)N(Cc2nc(-c3cccc(C(F)(F)F)c3)no2)C1=O. The molecule has 3 aromatic rings. The van der Waals surface area contributed by atoms with E-state index in [4.69, 9.17) is 4.52 Å². The molecule has 10 heteroatoms. The van der Waals surface area contributed by atoms with Gasteiger partial charge in [-0.25, -0.2) is 4.79 Å². The third kappa shape index (κ3) is 3.40. The number of nitrogens with zero attached hydrogens (tertiary/aromatic N) is 3. The van der Waals surface area contributed by atoms with E-state index in [0.29, 0.717) is 5.56 Å². The number of carbonyl (C=O) groups is 2. The molecule has 1 aliphatic heterocycles. The zero-order chi connectivity index (χ0) is 21.5. The number of hydrogen-bond donors (Lipinski definition) is 1. The van der Waals surface area contributed by atoms with Gasteiger partial charge in [-0.2, -0.15) is 18.2 Å². The molecule has 1 atom stereocenters. The molecule has 30 heavy (non-hydrogen) atoms. The van der Waals surface area contributed by atoms with E-state index in [2.05, 4.69) is 15.5 Å². The second-order valence-corrected chi connectivity index (χ2v) is 6.90. The number of nitrogens with one attached hydrogen (secondary N) is 1. The third-order valence-corrected chi connectivity index (χ3v) is 4.84. The van der Waals surface area contributed by atoms with Crippen LogP contribution in [0, 0.1) is 0 Å². The van der Waals surface area contributed by atoms with E-state index in [1.165, 1.54) is 12.1 Å². The minimum atomic E-state index is -4.51. The molecule has 0 spiro atoms. The number of alkyl halides is 3. The standard InChI is InChI=1S/C20H15F3N4O3/c1-19(13-7-3-2-4-8-13)17(28)27(18(29)25-19)11-15-24-16(26-30-15)12-6-5-9-14(10-12)20(21,22)23/h2-10H,11H2,1H3,(H,25,29). The van der Waals surface area contributed by atoms with Crippen LogP contribution in [-0.2, 0) is 23.1 Å². The summed E-state index contributed by atoms with van der Waals surface area (Å²) in [4.78, 5) is 30.3. The minimum Gasteiger partial charge on any atom is -0.337 e. The molecule has 2 heterocycles. The number of urea groups is 1. The number of benzene rings is 2. The Bertz CT molecular complexity index is 1110. The lowest BCUT2D eigenvalue weighted by Gasteiger charge is -2.21. The predicted octanol–water partition coefficient (Wildman–Crippen LogP) is 3.72. The van der Waals surface area contributed by atoms with E-state index in [1.54, 1.807) is 37.3 Å². The van der Waals surface area contributed by atoms with E-state index in [0.717, 1.165) is 17.0 Å². The predicted molar refractivity (Wildman–Crippen MR) is 97.6 cm³/mol. The lowest BCUT2D eigenvalue weighted by Crippen LogP contribution is -2.40. The van der Waals surface area contributed by atoms with Crippen molar-refractivity contribution >= 4 is 11.9 Å². The molecule has 4 rings (SSSR count). The van der Waals surface area contributed by atoms with Gasteiger partial charge in [0.2, 0.25) is 11.7 Å². The van der Waals surface area contributed by atoms with Crippen molar-refractivity contribution < 1.29 is 27.3 Å². The van der Waals surface area contributed by atoms with Crippen LogP contribution in [0.15, 0.2) is 59.1 Å². The average molecular weight is 416 g/mol. The molecule has 0 bridgehead atoms. The molecule has 1 N–H and O–H groups in total. The van der Waals surface area contributed by atoms with E-state index in [9.17, 15) is 22.8 Å². The van der Waals surface area contributed by atoms with Crippen molar-refractivity contribution in [1.29, 1.82) is 0 Å². The number of rotatable bonds is 4. The van der Waals surface area contributed by atoms with Gasteiger partial charge in [0.15, 0.2) is 0 Å². The molecule has 0 saturated carbocycles.